The molecular formula is C11H8F3NO2. The molecule has 0 unspecified atom stereocenters. The van der Waals surface area contributed by atoms with Crippen LogP contribution in [0.2, 0.25) is 0 Å². The zero-order chi connectivity index (χ0) is 12.6. The van der Waals surface area contributed by atoms with Crippen LogP contribution in [-0.2, 0) is 10.9 Å². The smallest absolute Gasteiger partial charge is 0.419 e. The maximum atomic E-state index is 12.9. The summed E-state index contributed by atoms with van der Waals surface area (Å²) in [7, 11) is 1.04. The first-order valence-corrected chi connectivity index (χ1v) is 4.70. The number of fused-ring (bicyclic) bond motifs is 1. The molecule has 1 N–H and O–H groups in total. The first-order valence-electron chi connectivity index (χ1n) is 4.70. The molecule has 17 heavy (non-hydrogen) atoms. The molecule has 0 aliphatic carbocycles. The Morgan fingerprint density at radius 3 is 2.59 bits per heavy atom. The van der Waals surface area contributed by atoms with Crippen molar-refractivity contribution in [1.82, 2.24) is 4.98 Å². The molecule has 0 spiro atoms. The Bertz CT molecular complexity index is 572. The number of ether oxygens (including phenoxy) is 1. The average Bonchev–Trinajstić information content (AvgIpc) is 2.72. The van der Waals surface area contributed by atoms with E-state index in [4.69, 9.17) is 0 Å². The summed E-state index contributed by atoms with van der Waals surface area (Å²) >= 11 is 0. The van der Waals surface area contributed by atoms with Crippen LogP contribution in [0.1, 0.15) is 15.9 Å². The number of esters is 1. The van der Waals surface area contributed by atoms with Gasteiger partial charge in [0, 0.05) is 11.6 Å². The van der Waals surface area contributed by atoms with E-state index in [1.165, 1.54) is 18.3 Å². The Hall–Kier alpha value is -1.98. The molecule has 90 valence electrons. The lowest BCUT2D eigenvalue weighted by atomic mass is 10.0. The van der Waals surface area contributed by atoms with Gasteiger partial charge in [0.25, 0.3) is 0 Å². The summed E-state index contributed by atoms with van der Waals surface area (Å²) in [4.78, 5) is 13.8. The van der Waals surface area contributed by atoms with Crippen molar-refractivity contribution in [3.63, 3.8) is 0 Å². The fourth-order valence-corrected chi connectivity index (χ4v) is 1.70. The number of aromatic nitrogens is 1. The van der Waals surface area contributed by atoms with Crippen LogP contribution in [0.3, 0.4) is 0 Å². The second-order valence-corrected chi connectivity index (χ2v) is 3.42. The van der Waals surface area contributed by atoms with Crippen molar-refractivity contribution >= 4 is 16.9 Å². The van der Waals surface area contributed by atoms with Crippen molar-refractivity contribution in [2.75, 3.05) is 7.11 Å². The predicted molar refractivity (Wildman–Crippen MR) is 54.6 cm³/mol. The van der Waals surface area contributed by atoms with Crippen LogP contribution in [0.25, 0.3) is 10.9 Å². The van der Waals surface area contributed by atoms with Crippen molar-refractivity contribution in [1.29, 1.82) is 0 Å². The van der Waals surface area contributed by atoms with E-state index in [-0.39, 0.29) is 5.52 Å². The van der Waals surface area contributed by atoms with E-state index in [0.717, 1.165) is 13.2 Å². The molecule has 1 heterocycles. The van der Waals surface area contributed by atoms with Gasteiger partial charge in [-0.1, -0.05) is 6.07 Å². The van der Waals surface area contributed by atoms with Crippen LogP contribution in [0.4, 0.5) is 13.2 Å². The molecule has 6 heteroatoms. The second kappa shape index (κ2) is 3.80. The highest BCUT2D eigenvalue weighted by atomic mass is 19.4. The van der Waals surface area contributed by atoms with E-state index in [2.05, 4.69) is 9.72 Å². The van der Waals surface area contributed by atoms with Crippen LogP contribution in [0, 0.1) is 0 Å². The van der Waals surface area contributed by atoms with Crippen LogP contribution in [0.5, 0.6) is 0 Å². The Balaban J connectivity index is 2.80. The zero-order valence-electron chi connectivity index (χ0n) is 8.76. The van der Waals surface area contributed by atoms with E-state index < -0.39 is 23.3 Å². The highest BCUT2D eigenvalue weighted by Crippen LogP contribution is 2.37. The Morgan fingerprint density at radius 2 is 2.00 bits per heavy atom. The van der Waals surface area contributed by atoms with Gasteiger partial charge in [-0.05, 0) is 12.1 Å². The number of aromatic amines is 1. The SMILES string of the molecule is COC(=O)c1ccc2cc[nH]c2c1C(F)(F)F. The first-order chi connectivity index (χ1) is 7.95. The number of hydrogen-bond acceptors (Lipinski definition) is 2. The number of methoxy groups -OCH3 is 1. The number of carbonyl (C=O) groups excluding carboxylic acids is 1. The summed E-state index contributed by atoms with van der Waals surface area (Å²) in [6, 6.07) is 4.06. The minimum absolute atomic E-state index is 0.111. The monoisotopic (exact) mass is 243 g/mol. The highest BCUT2D eigenvalue weighted by Gasteiger charge is 2.38. The molecule has 0 aliphatic heterocycles. The van der Waals surface area contributed by atoms with Gasteiger partial charge in [0.2, 0.25) is 0 Å². The average molecular weight is 243 g/mol. The third-order valence-corrected chi connectivity index (χ3v) is 2.42. The summed E-state index contributed by atoms with van der Waals surface area (Å²) in [6.45, 7) is 0. The Labute approximate surface area is 94.2 Å². The number of rotatable bonds is 1. The molecule has 0 aliphatic rings. The van der Waals surface area contributed by atoms with Crippen LogP contribution < -0.4 is 0 Å². The van der Waals surface area contributed by atoms with Gasteiger partial charge in [-0.25, -0.2) is 4.79 Å². The standard InChI is InChI=1S/C11H8F3NO2/c1-17-10(16)7-3-2-6-4-5-15-9(6)8(7)11(12,13)14/h2-5,15H,1H3. The molecule has 0 saturated heterocycles. The Kier molecular flexibility index (Phi) is 2.57. The fraction of sp³-hybridized carbons (Fsp3) is 0.182. The summed E-state index contributed by atoms with van der Waals surface area (Å²) in [5.41, 5.74) is -1.60. The Morgan fingerprint density at radius 1 is 1.29 bits per heavy atom. The van der Waals surface area contributed by atoms with E-state index in [1.54, 1.807) is 0 Å². The lowest BCUT2D eigenvalue weighted by Gasteiger charge is -2.12. The molecule has 3 nitrogen and oxygen atoms in total. The third-order valence-electron chi connectivity index (χ3n) is 2.42. The number of H-pyrrole nitrogens is 1. The predicted octanol–water partition coefficient (Wildman–Crippen LogP) is 2.97. The van der Waals surface area contributed by atoms with Gasteiger partial charge in [-0.2, -0.15) is 13.2 Å². The number of carbonyl (C=O) groups is 1. The molecule has 1 aromatic heterocycles. The molecular weight excluding hydrogens is 235 g/mol. The van der Waals surface area contributed by atoms with Gasteiger partial charge in [-0.15, -0.1) is 0 Å². The minimum atomic E-state index is -4.62. The van der Waals surface area contributed by atoms with Gasteiger partial charge in [0.1, 0.15) is 0 Å². The normalized spacial score (nSPS) is 11.8. The summed E-state index contributed by atoms with van der Waals surface area (Å²) < 4.78 is 43.1. The lowest BCUT2D eigenvalue weighted by molar-refractivity contribution is -0.136. The van der Waals surface area contributed by atoms with Crippen LogP contribution in [-0.4, -0.2) is 18.1 Å². The van der Waals surface area contributed by atoms with Crippen LogP contribution >= 0.6 is 0 Å². The van der Waals surface area contributed by atoms with Crippen molar-refractivity contribution in [2.45, 2.75) is 6.18 Å². The molecule has 0 atom stereocenters. The number of hydrogen-bond donors (Lipinski definition) is 1. The van der Waals surface area contributed by atoms with Gasteiger partial charge in [0.05, 0.1) is 23.8 Å². The number of halogens is 3. The molecule has 1 aromatic carbocycles. The van der Waals surface area contributed by atoms with Crippen molar-refractivity contribution in [3.8, 4) is 0 Å². The lowest BCUT2D eigenvalue weighted by Crippen LogP contribution is -2.14. The largest absolute Gasteiger partial charge is 0.465 e. The topological polar surface area (TPSA) is 42.1 Å². The van der Waals surface area contributed by atoms with Gasteiger partial charge in [-0.3, -0.25) is 0 Å². The molecule has 2 rings (SSSR count). The quantitative estimate of drug-likeness (QED) is 0.782. The van der Waals surface area contributed by atoms with Crippen molar-refractivity contribution in [2.24, 2.45) is 0 Å². The molecule has 2 aromatic rings. The fourth-order valence-electron chi connectivity index (χ4n) is 1.70. The van der Waals surface area contributed by atoms with E-state index in [0.29, 0.717) is 5.39 Å². The molecule has 0 radical (unpaired) electrons. The molecule has 0 bridgehead atoms. The first kappa shape index (κ1) is 11.5. The number of benzene rings is 1. The van der Waals surface area contributed by atoms with Crippen molar-refractivity contribution in [3.05, 3.63) is 35.5 Å². The molecule has 0 saturated carbocycles. The molecule has 0 fully saturated rings. The third kappa shape index (κ3) is 1.86. The van der Waals surface area contributed by atoms with E-state index in [9.17, 15) is 18.0 Å². The number of nitrogens with one attached hydrogen (secondary N) is 1. The minimum Gasteiger partial charge on any atom is -0.465 e. The van der Waals surface area contributed by atoms with Gasteiger partial charge < -0.3 is 9.72 Å². The van der Waals surface area contributed by atoms with Gasteiger partial charge >= 0.3 is 12.1 Å². The summed E-state index contributed by atoms with van der Waals surface area (Å²) in [6.07, 6.45) is -3.23. The maximum Gasteiger partial charge on any atom is 0.419 e. The summed E-state index contributed by atoms with van der Waals surface area (Å²) in [5, 5.41) is 0.393. The van der Waals surface area contributed by atoms with Crippen LogP contribution in [0.15, 0.2) is 24.4 Å². The zero-order valence-corrected chi connectivity index (χ0v) is 8.76. The highest BCUT2D eigenvalue weighted by molar-refractivity contribution is 5.98. The molecule has 0 amide bonds. The van der Waals surface area contributed by atoms with Gasteiger partial charge in [0.15, 0.2) is 0 Å². The van der Waals surface area contributed by atoms with E-state index in [1.807, 2.05) is 0 Å². The van der Waals surface area contributed by atoms with Crippen molar-refractivity contribution < 1.29 is 22.7 Å². The maximum absolute atomic E-state index is 12.9. The van der Waals surface area contributed by atoms with E-state index >= 15 is 0 Å². The summed E-state index contributed by atoms with van der Waals surface area (Å²) in [5.74, 6) is -1.01. The number of alkyl halides is 3. The second-order valence-electron chi connectivity index (χ2n) is 3.42.